The number of nitrogen functional groups attached to an aromatic ring is 1. The van der Waals surface area contributed by atoms with E-state index in [1.54, 1.807) is 6.92 Å². The van der Waals surface area contributed by atoms with Crippen LogP contribution in [0.25, 0.3) is 0 Å². The summed E-state index contributed by atoms with van der Waals surface area (Å²) in [6.07, 6.45) is -0.212. The first kappa shape index (κ1) is 14.7. The van der Waals surface area contributed by atoms with Crippen molar-refractivity contribution in [1.29, 1.82) is 0 Å². The number of nitrogens with two attached hydrogens (primary N) is 1. The Bertz CT molecular complexity index is 500. The van der Waals surface area contributed by atoms with Crippen LogP contribution in [0.3, 0.4) is 0 Å². The molecule has 0 aliphatic rings. The van der Waals surface area contributed by atoms with Gasteiger partial charge in [-0.1, -0.05) is 0 Å². The lowest BCUT2D eigenvalue weighted by atomic mass is 10.3. The molecule has 0 fully saturated rings. The van der Waals surface area contributed by atoms with E-state index in [1.165, 1.54) is 25.3 Å². The van der Waals surface area contributed by atoms with Gasteiger partial charge in [-0.05, 0) is 25.5 Å². The molecule has 0 saturated carbocycles. The predicted octanol–water partition coefficient (Wildman–Crippen LogP) is 0.327. The lowest BCUT2D eigenvalue weighted by Crippen LogP contribution is -2.27. The van der Waals surface area contributed by atoms with Gasteiger partial charge >= 0.3 is 0 Å². The maximum atomic E-state index is 11.9. The quantitative estimate of drug-likeness (QED) is 0.649. The molecule has 0 heterocycles. The van der Waals surface area contributed by atoms with Crippen molar-refractivity contribution in [3.05, 3.63) is 18.2 Å². The van der Waals surface area contributed by atoms with E-state index in [-0.39, 0.29) is 17.1 Å². The van der Waals surface area contributed by atoms with E-state index in [4.69, 9.17) is 15.6 Å². The highest BCUT2D eigenvalue weighted by atomic mass is 32.2. The standard InChI is InChI=1S/C11H18N2O4S/c1-8(14)5-6-13-18(15,16)11-4-3-9(17-2)7-10(11)12/h3-4,7-8,13-14H,5-6,12H2,1-2H3. The summed E-state index contributed by atoms with van der Waals surface area (Å²) >= 11 is 0. The molecule has 6 nitrogen and oxygen atoms in total. The average Bonchev–Trinajstić information content (AvgIpc) is 2.27. The van der Waals surface area contributed by atoms with Crippen LogP contribution in [0.1, 0.15) is 13.3 Å². The molecule has 7 heteroatoms. The van der Waals surface area contributed by atoms with Gasteiger partial charge in [0.2, 0.25) is 10.0 Å². The maximum Gasteiger partial charge on any atom is 0.242 e. The molecule has 102 valence electrons. The molecular weight excluding hydrogens is 256 g/mol. The van der Waals surface area contributed by atoms with Gasteiger partial charge in [0.15, 0.2) is 0 Å². The summed E-state index contributed by atoms with van der Waals surface area (Å²) in [5.74, 6) is 0.496. The number of hydrogen-bond donors (Lipinski definition) is 3. The topological polar surface area (TPSA) is 102 Å². The summed E-state index contributed by atoms with van der Waals surface area (Å²) in [6, 6.07) is 4.36. The molecule has 0 aliphatic heterocycles. The Kier molecular flexibility index (Phi) is 4.94. The zero-order valence-electron chi connectivity index (χ0n) is 10.4. The Balaban J connectivity index is 2.85. The van der Waals surface area contributed by atoms with Crippen LogP contribution in [0.15, 0.2) is 23.1 Å². The number of hydrogen-bond acceptors (Lipinski definition) is 5. The number of benzene rings is 1. The van der Waals surface area contributed by atoms with Crippen LogP contribution in [0.2, 0.25) is 0 Å². The Labute approximate surface area is 107 Å². The molecule has 0 spiro atoms. The SMILES string of the molecule is COc1ccc(S(=O)(=O)NCCC(C)O)c(N)c1. The van der Waals surface area contributed by atoms with Crippen molar-refractivity contribution >= 4 is 15.7 Å². The molecule has 0 radical (unpaired) electrons. The minimum atomic E-state index is -3.65. The average molecular weight is 274 g/mol. The van der Waals surface area contributed by atoms with Crippen LogP contribution in [-0.2, 0) is 10.0 Å². The van der Waals surface area contributed by atoms with Crippen molar-refractivity contribution in [2.75, 3.05) is 19.4 Å². The first-order valence-corrected chi connectivity index (χ1v) is 6.96. The molecule has 0 aromatic heterocycles. The smallest absolute Gasteiger partial charge is 0.242 e. The third kappa shape index (κ3) is 3.86. The number of nitrogens with one attached hydrogen (secondary N) is 1. The van der Waals surface area contributed by atoms with Gasteiger partial charge in [0.05, 0.1) is 18.9 Å². The molecule has 4 N–H and O–H groups in total. The van der Waals surface area contributed by atoms with Gasteiger partial charge in [0.1, 0.15) is 10.6 Å². The molecule has 1 rings (SSSR count). The summed E-state index contributed by atoms with van der Waals surface area (Å²) in [5.41, 5.74) is 5.79. The van der Waals surface area contributed by atoms with E-state index < -0.39 is 16.1 Å². The molecule has 18 heavy (non-hydrogen) atoms. The first-order chi connectivity index (χ1) is 8.36. The molecule has 0 aliphatic carbocycles. The number of sulfonamides is 1. The first-order valence-electron chi connectivity index (χ1n) is 5.48. The third-order valence-corrected chi connectivity index (χ3v) is 3.90. The van der Waals surface area contributed by atoms with Crippen molar-refractivity contribution in [1.82, 2.24) is 4.72 Å². The van der Waals surface area contributed by atoms with Crippen molar-refractivity contribution < 1.29 is 18.3 Å². The second-order valence-corrected chi connectivity index (χ2v) is 5.67. The molecule has 0 amide bonds. The van der Waals surface area contributed by atoms with Crippen LogP contribution in [0, 0.1) is 0 Å². The van der Waals surface area contributed by atoms with Gasteiger partial charge < -0.3 is 15.6 Å². The van der Waals surface area contributed by atoms with Crippen molar-refractivity contribution in [3.63, 3.8) is 0 Å². The van der Waals surface area contributed by atoms with Crippen LogP contribution in [-0.4, -0.2) is 33.3 Å². The number of anilines is 1. The summed E-state index contributed by atoms with van der Waals surface area (Å²) < 4.78 is 31.2. The summed E-state index contributed by atoms with van der Waals surface area (Å²) in [5, 5.41) is 9.07. The molecule has 0 bridgehead atoms. The monoisotopic (exact) mass is 274 g/mol. The Morgan fingerprint density at radius 2 is 2.17 bits per heavy atom. The van der Waals surface area contributed by atoms with E-state index >= 15 is 0 Å². The second-order valence-electron chi connectivity index (χ2n) is 3.94. The largest absolute Gasteiger partial charge is 0.497 e. The van der Waals surface area contributed by atoms with E-state index in [1.807, 2.05) is 0 Å². The lowest BCUT2D eigenvalue weighted by Gasteiger charge is -2.10. The second kappa shape index (κ2) is 6.03. The molecular formula is C11H18N2O4S. The fourth-order valence-electron chi connectivity index (χ4n) is 1.38. The molecule has 1 atom stereocenters. The summed E-state index contributed by atoms with van der Waals surface area (Å²) in [6.45, 7) is 1.75. The molecule has 1 aromatic rings. The number of aliphatic hydroxyl groups excluding tert-OH is 1. The van der Waals surface area contributed by atoms with Crippen LogP contribution < -0.4 is 15.2 Å². The molecule has 1 unspecified atom stereocenters. The highest BCUT2D eigenvalue weighted by Crippen LogP contribution is 2.23. The van der Waals surface area contributed by atoms with Crippen LogP contribution in [0.4, 0.5) is 5.69 Å². The van der Waals surface area contributed by atoms with Crippen molar-refractivity contribution in [2.45, 2.75) is 24.3 Å². The fourth-order valence-corrected chi connectivity index (χ4v) is 2.54. The van der Waals surface area contributed by atoms with Crippen LogP contribution >= 0.6 is 0 Å². The van der Waals surface area contributed by atoms with E-state index in [0.29, 0.717) is 12.2 Å². The van der Waals surface area contributed by atoms with Gasteiger partial charge in [-0.2, -0.15) is 0 Å². The van der Waals surface area contributed by atoms with Gasteiger partial charge in [0, 0.05) is 12.6 Å². The number of aliphatic hydroxyl groups is 1. The van der Waals surface area contributed by atoms with E-state index in [0.717, 1.165) is 0 Å². The highest BCUT2D eigenvalue weighted by molar-refractivity contribution is 7.89. The van der Waals surface area contributed by atoms with Gasteiger partial charge in [0.25, 0.3) is 0 Å². The number of methoxy groups -OCH3 is 1. The number of ether oxygens (including phenoxy) is 1. The Hall–Kier alpha value is -1.31. The lowest BCUT2D eigenvalue weighted by molar-refractivity contribution is 0.186. The zero-order valence-corrected chi connectivity index (χ0v) is 11.2. The normalized spacial score (nSPS) is 13.3. The maximum absolute atomic E-state index is 11.9. The minimum Gasteiger partial charge on any atom is -0.497 e. The summed E-state index contributed by atoms with van der Waals surface area (Å²) in [7, 11) is -2.18. The highest BCUT2D eigenvalue weighted by Gasteiger charge is 2.17. The van der Waals surface area contributed by atoms with Crippen LogP contribution in [0.5, 0.6) is 5.75 Å². The molecule has 1 aromatic carbocycles. The Morgan fingerprint density at radius 1 is 1.50 bits per heavy atom. The van der Waals surface area contributed by atoms with Gasteiger partial charge in [-0.25, -0.2) is 13.1 Å². The van der Waals surface area contributed by atoms with Crippen molar-refractivity contribution in [2.24, 2.45) is 0 Å². The van der Waals surface area contributed by atoms with E-state index in [2.05, 4.69) is 4.72 Å². The fraction of sp³-hybridized carbons (Fsp3) is 0.455. The minimum absolute atomic E-state index is 0.00823. The van der Waals surface area contributed by atoms with E-state index in [9.17, 15) is 8.42 Å². The van der Waals surface area contributed by atoms with Gasteiger partial charge in [-0.15, -0.1) is 0 Å². The number of rotatable bonds is 6. The zero-order chi connectivity index (χ0) is 13.8. The van der Waals surface area contributed by atoms with Gasteiger partial charge in [-0.3, -0.25) is 0 Å². The Morgan fingerprint density at radius 3 is 2.67 bits per heavy atom. The molecule has 0 saturated heterocycles. The van der Waals surface area contributed by atoms with Crippen molar-refractivity contribution in [3.8, 4) is 5.75 Å². The predicted molar refractivity (Wildman–Crippen MR) is 68.9 cm³/mol. The third-order valence-electron chi connectivity index (χ3n) is 2.36. The summed E-state index contributed by atoms with van der Waals surface area (Å²) in [4.78, 5) is 0.00823.